The number of carbonyl (C=O) groups is 1. The highest BCUT2D eigenvalue weighted by molar-refractivity contribution is 6.42. The molecule has 2 aromatic rings. The number of fused-ring (bicyclic) bond motifs is 1. The molecule has 0 fully saturated rings. The molecule has 1 atom stereocenters. The molecule has 2 aromatic carbocycles. The van der Waals surface area contributed by atoms with Gasteiger partial charge in [-0.1, -0.05) is 29.1 Å². The van der Waals surface area contributed by atoms with Crippen LogP contribution in [0.2, 0.25) is 10.0 Å². The summed E-state index contributed by atoms with van der Waals surface area (Å²) >= 11 is 12.0. The highest BCUT2D eigenvalue weighted by Gasteiger charge is 2.27. The van der Waals surface area contributed by atoms with Crippen LogP contribution in [0.5, 0.6) is 11.5 Å². The predicted molar refractivity (Wildman–Crippen MR) is 102 cm³/mol. The number of amides is 2. The molecule has 26 heavy (non-hydrogen) atoms. The van der Waals surface area contributed by atoms with E-state index in [-0.39, 0.29) is 0 Å². The largest absolute Gasteiger partial charge is 0.447 e. The molecule has 0 bridgehead atoms. The molecule has 2 amide bonds. The number of hydrogen-bond acceptors (Lipinski definition) is 3. The van der Waals surface area contributed by atoms with E-state index in [0.717, 1.165) is 5.56 Å². The number of nitrogens with one attached hydrogen (secondary N) is 2. The first-order chi connectivity index (χ1) is 12.3. The summed E-state index contributed by atoms with van der Waals surface area (Å²) in [5, 5.41) is 6.27. The molecule has 2 N–H and O–H groups in total. The van der Waals surface area contributed by atoms with Crippen LogP contribution < -0.4 is 20.1 Å². The van der Waals surface area contributed by atoms with Gasteiger partial charge in [-0.2, -0.15) is 0 Å². The summed E-state index contributed by atoms with van der Waals surface area (Å²) in [7, 11) is 0. The summed E-state index contributed by atoms with van der Waals surface area (Å²) in [5.74, 6) is 3.57. The van der Waals surface area contributed by atoms with Gasteiger partial charge in [-0.3, -0.25) is 0 Å². The molecule has 1 unspecified atom stereocenters. The molecular weight excluding hydrogens is 375 g/mol. The maximum Gasteiger partial charge on any atom is 0.320 e. The maximum absolute atomic E-state index is 12.0. The molecule has 3 rings (SSSR count). The molecule has 0 radical (unpaired) electrons. The van der Waals surface area contributed by atoms with Crippen molar-refractivity contribution in [1.29, 1.82) is 0 Å². The number of rotatable bonds is 3. The van der Waals surface area contributed by atoms with Crippen LogP contribution in [-0.2, 0) is 0 Å². The lowest BCUT2D eigenvalue weighted by atomic mass is 10.1. The zero-order chi connectivity index (χ0) is 18.9. The Balaban J connectivity index is 1.71. The van der Waals surface area contributed by atoms with Gasteiger partial charge in [-0.05, 0) is 44.2 Å². The van der Waals surface area contributed by atoms with E-state index in [1.54, 1.807) is 50.2 Å². The van der Waals surface area contributed by atoms with E-state index in [1.165, 1.54) is 0 Å². The van der Waals surface area contributed by atoms with Crippen molar-refractivity contribution >= 4 is 34.9 Å². The molecule has 0 aromatic heterocycles. The van der Waals surface area contributed by atoms with Crippen LogP contribution in [0.4, 0.5) is 10.5 Å². The standard InChI is InChI=1S/C19H16Cl2N2O3/c1-4-19(2,3)23-18(24)22-12-6-8-15-16(10-12)26-17(25-15)11-5-7-13(20)14(21)9-11/h1,5-10,17H,2-3H3,(H2,22,23,24). The summed E-state index contributed by atoms with van der Waals surface area (Å²) in [6.45, 7) is 3.46. The third-order valence-corrected chi connectivity index (χ3v) is 4.41. The van der Waals surface area contributed by atoms with Gasteiger partial charge in [0.25, 0.3) is 6.29 Å². The molecule has 7 heteroatoms. The first-order valence-corrected chi connectivity index (χ1v) is 8.52. The summed E-state index contributed by atoms with van der Waals surface area (Å²) in [6, 6.07) is 9.84. The summed E-state index contributed by atoms with van der Waals surface area (Å²) < 4.78 is 11.6. The van der Waals surface area contributed by atoms with E-state index in [0.29, 0.717) is 27.2 Å². The number of hydrogen-bond donors (Lipinski definition) is 2. The Hall–Kier alpha value is -2.55. The molecule has 0 aliphatic carbocycles. The van der Waals surface area contributed by atoms with Gasteiger partial charge in [0.05, 0.1) is 15.6 Å². The highest BCUT2D eigenvalue weighted by atomic mass is 35.5. The number of halogens is 2. The Morgan fingerprint density at radius 2 is 1.85 bits per heavy atom. The minimum atomic E-state index is -0.751. The van der Waals surface area contributed by atoms with Crippen molar-refractivity contribution in [2.75, 3.05) is 5.32 Å². The number of terminal acetylenes is 1. The minimum absolute atomic E-state index is 0.409. The molecular formula is C19H16Cl2N2O3. The second-order valence-electron chi connectivity index (χ2n) is 6.25. The van der Waals surface area contributed by atoms with Gasteiger partial charge in [-0.25, -0.2) is 4.79 Å². The van der Waals surface area contributed by atoms with Crippen LogP contribution in [-0.4, -0.2) is 11.6 Å². The van der Waals surface area contributed by atoms with E-state index in [2.05, 4.69) is 16.6 Å². The van der Waals surface area contributed by atoms with Crippen molar-refractivity contribution in [1.82, 2.24) is 5.32 Å². The van der Waals surface area contributed by atoms with Crippen molar-refractivity contribution < 1.29 is 14.3 Å². The number of urea groups is 1. The topological polar surface area (TPSA) is 59.6 Å². The monoisotopic (exact) mass is 390 g/mol. The first-order valence-electron chi connectivity index (χ1n) is 7.77. The third-order valence-electron chi connectivity index (χ3n) is 3.67. The van der Waals surface area contributed by atoms with Crippen molar-refractivity contribution in [3.63, 3.8) is 0 Å². The third kappa shape index (κ3) is 3.98. The van der Waals surface area contributed by atoms with Gasteiger partial charge in [0, 0.05) is 17.3 Å². The van der Waals surface area contributed by atoms with Gasteiger partial charge in [0.1, 0.15) is 0 Å². The molecule has 0 saturated heterocycles. The van der Waals surface area contributed by atoms with Crippen LogP contribution in [0.25, 0.3) is 0 Å². The fraction of sp³-hybridized carbons (Fsp3) is 0.211. The van der Waals surface area contributed by atoms with Gasteiger partial charge in [0.2, 0.25) is 0 Å². The van der Waals surface area contributed by atoms with Crippen molar-refractivity contribution in [3.8, 4) is 23.8 Å². The van der Waals surface area contributed by atoms with Crippen molar-refractivity contribution in [2.45, 2.75) is 25.7 Å². The molecule has 1 heterocycles. The number of ether oxygens (including phenoxy) is 2. The molecule has 1 aliphatic heterocycles. The Kier molecular flexibility index (Phi) is 4.90. The van der Waals surface area contributed by atoms with E-state index in [9.17, 15) is 4.79 Å². The van der Waals surface area contributed by atoms with E-state index in [4.69, 9.17) is 39.1 Å². The van der Waals surface area contributed by atoms with Crippen molar-refractivity contribution in [3.05, 3.63) is 52.0 Å². The lowest BCUT2D eigenvalue weighted by Crippen LogP contribution is -2.44. The SMILES string of the molecule is C#CC(C)(C)NC(=O)Nc1ccc2c(c1)OC(c1ccc(Cl)c(Cl)c1)O2. The quantitative estimate of drug-likeness (QED) is 0.725. The smallest absolute Gasteiger partial charge is 0.320 e. The second-order valence-corrected chi connectivity index (χ2v) is 7.07. The zero-order valence-corrected chi connectivity index (χ0v) is 15.6. The Morgan fingerprint density at radius 1 is 1.12 bits per heavy atom. The summed E-state index contributed by atoms with van der Waals surface area (Å²) in [6.07, 6.45) is 4.73. The van der Waals surface area contributed by atoms with Crippen LogP contribution >= 0.6 is 23.2 Å². The number of anilines is 1. The maximum atomic E-state index is 12.0. The fourth-order valence-corrected chi connectivity index (χ4v) is 2.61. The van der Waals surface area contributed by atoms with Crippen LogP contribution in [0.1, 0.15) is 25.7 Å². The summed E-state index contributed by atoms with van der Waals surface area (Å²) in [4.78, 5) is 12.0. The molecule has 1 aliphatic rings. The molecule has 5 nitrogen and oxygen atoms in total. The zero-order valence-electron chi connectivity index (χ0n) is 14.1. The Labute approximate surface area is 161 Å². The first kappa shape index (κ1) is 18.2. The summed E-state index contributed by atoms with van der Waals surface area (Å²) in [5.41, 5.74) is 0.533. The number of carbonyl (C=O) groups excluding carboxylic acids is 1. The van der Waals surface area contributed by atoms with Gasteiger partial charge in [0.15, 0.2) is 11.5 Å². The molecule has 0 spiro atoms. The minimum Gasteiger partial charge on any atom is -0.447 e. The average Bonchev–Trinajstić information content (AvgIpc) is 3.00. The van der Waals surface area contributed by atoms with Crippen molar-refractivity contribution in [2.24, 2.45) is 0 Å². The van der Waals surface area contributed by atoms with Gasteiger partial charge in [-0.15, -0.1) is 6.42 Å². The van der Waals surface area contributed by atoms with E-state index >= 15 is 0 Å². The number of benzene rings is 2. The van der Waals surface area contributed by atoms with E-state index in [1.807, 2.05) is 0 Å². The lowest BCUT2D eigenvalue weighted by Gasteiger charge is -2.19. The van der Waals surface area contributed by atoms with Gasteiger partial charge >= 0.3 is 6.03 Å². The van der Waals surface area contributed by atoms with Gasteiger partial charge < -0.3 is 20.1 Å². The Bertz CT molecular complexity index is 906. The Morgan fingerprint density at radius 3 is 2.54 bits per heavy atom. The highest BCUT2D eigenvalue weighted by Crippen LogP contribution is 2.42. The van der Waals surface area contributed by atoms with Crippen LogP contribution in [0.3, 0.4) is 0 Å². The van der Waals surface area contributed by atoms with Crippen LogP contribution in [0.15, 0.2) is 36.4 Å². The molecule has 0 saturated carbocycles. The normalized spacial score (nSPS) is 15.3. The fourth-order valence-electron chi connectivity index (χ4n) is 2.31. The molecule has 134 valence electrons. The predicted octanol–water partition coefficient (Wildman–Crippen LogP) is 5.00. The average molecular weight is 391 g/mol. The van der Waals surface area contributed by atoms with Crippen LogP contribution in [0, 0.1) is 12.3 Å². The second kappa shape index (κ2) is 6.99. The van der Waals surface area contributed by atoms with E-state index < -0.39 is 17.9 Å². The lowest BCUT2D eigenvalue weighted by molar-refractivity contribution is 0.0487.